The molecular weight excluding hydrogens is 254 g/mol. The first-order valence-corrected chi connectivity index (χ1v) is 7.07. The SMILES string of the molecule is CC1CCC(NC(=O)c2ccc(Cn3cccn3)o2)C1. The Kier molecular flexibility index (Phi) is 3.58. The summed E-state index contributed by atoms with van der Waals surface area (Å²) >= 11 is 0. The molecule has 2 aromatic heterocycles. The standard InChI is InChI=1S/C15H19N3O2/c1-11-3-4-12(9-11)17-15(19)14-6-5-13(20-14)10-18-8-2-7-16-18/h2,5-8,11-12H,3-4,9-10H2,1H3,(H,17,19). The van der Waals surface area contributed by atoms with Gasteiger partial charge in [-0.1, -0.05) is 6.92 Å². The van der Waals surface area contributed by atoms with Crippen molar-refractivity contribution in [1.29, 1.82) is 0 Å². The van der Waals surface area contributed by atoms with E-state index >= 15 is 0 Å². The fourth-order valence-electron chi connectivity index (χ4n) is 2.73. The monoisotopic (exact) mass is 273 g/mol. The maximum Gasteiger partial charge on any atom is 0.287 e. The van der Waals surface area contributed by atoms with Crippen LogP contribution in [0, 0.1) is 5.92 Å². The maximum atomic E-state index is 12.1. The van der Waals surface area contributed by atoms with Gasteiger partial charge in [0, 0.05) is 18.4 Å². The first kappa shape index (κ1) is 13.0. The quantitative estimate of drug-likeness (QED) is 0.930. The van der Waals surface area contributed by atoms with E-state index in [4.69, 9.17) is 4.42 Å². The van der Waals surface area contributed by atoms with E-state index < -0.39 is 0 Å². The van der Waals surface area contributed by atoms with E-state index in [-0.39, 0.29) is 11.9 Å². The summed E-state index contributed by atoms with van der Waals surface area (Å²) in [6.07, 6.45) is 6.90. The van der Waals surface area contributed by atoms with Crippen LogP contribution < -0.4 is 5.32 Å². The Hall–Kier alpha value is -2.04. The molecule has 2 unspecified atom stereocenters. The number of amides is 1. The molecule has 5 heteroatoms. The Balaban J connectivity index is 1.60. The third-order valence-electron chi connectivity index (χ3n) is 3.79. The number of carbonyl (C=O) groups is 1. The van der Waals surface area contributed by atoms with Crippen LogP contribution in [0.4, 0.5) is 0 Å². The number of hydrogen-bond acceptors (Lipinski definition) is 3. The van der Waals surface area contributed by atoms with Gasteiger partial charge in [0.2, 0.25) is 0 Å². The highest BCUT2D eigenvalue weighted by molar-refractivity contribution is 5.91. The van der Waals surface area contributed by atoms with E-state index in [9.17, 15) is 4.79 Å². The molecule has 0 aromatic carbocycles. The molecular formula is C15H19N3O2. The molecule has 0 radical (unpaired) electrons. The summed E-state index contributed by atoms with van der Waals surface area (Å²) in [5.41, 5.74) is 0. The Morgan fingerprint density at radius 2 is 2.40 bits per heavy atom. The smallest absolute Gasteiger partial charge is 0.287 e. The van der Waals surface area contributed by atoms with Gasteiger partial charge in [-0.05, 0) is 43.4 Å². The third kappa shape index (κ3) is 2.92. The van der Waals surface area contributed by atoms with Crippen molar-refractivity contribution in [2.45, 2.75) is 38.8 Å². The fourth-order valence-corrected chi connectivity index (χ4v) is 2.73. The van der Waals surface area contributed by atoms with Gasteiger partial charge in [-0.2, -0.15) is 5.10 Å². The Bertz CT molecular complexity index is 574. The van der Waals surface area contributed by atoms with Gasteiger partial charge in [0.05, 0.1) is 6.54 Å². The van der Waals surface area contributed by atoms with Crippen molar-refractivity contribution in [3.05, 3.63) is 42.1 Å². The van der Waals surface area contributed by atoms with Crippen molar-refractivity contribution in [2.75, 3.05) is 0 Å². The molecule has 20 heavy (non-hydrogen) atoms. The highest BCUT2D eigenvalue weighted by Crippen LogP contribution is 2.24. The van der Waals surface area contributed by atoms with E-state index in [1.54, 1.807) is 16.9 Å². The number of rotatable bonds is 4. The lowest BCUT2D eigenvalue weighted by Crippen LogP contribution is -2.32. The van der Waals surface area contributed by atoms with Gasteiger partial charge in [0.25, 0.3) is 5.91 Å². The normalized spacial score (nSPS) is 22.1. The van der Waals surface area contributed by atoms with Gasteiger partial charge in [0.15, 0.2) is 5.76 Å². The van der Waals surface area contributed by atoms with Crippen LogP contribution >= 0.6 is 0 Å². The molecule has 1 amide bonds. The van der Waals surface area contributed by atoms with Crippen molar-refractivity contribution < 1.29 is 9.21 Å². The van der Waals surface area contributed by atoms with Crippen LogP contribution in [-0.4, -0.2) is 21.7 Å². The molecule has 1 N–H and O–H groups in total. The predicted octanol–water partition coefficient (Wildman–Crippen LogP) is 2.44. The summed E-state index contributed by atoms with van der Waals surface area (Å²) in [4.78, 5) is 12.1. The second-order valence-corrected chi connectivity index (χ2v) is 5.56. The number of furan rings is 1. The van der Waals surface area contributed by atoms with E-state index in [1.165, 1.54) is 6.42 Å². The largest absolute Gasteiger partial charge is 0.454 e. The van der Waals surface area contributed by atoms with Crippen molar-refractivity contribution in [1.82, 2.24) is 15.1 Å². The lowest BCUT2D eigenvalue weighted by atomic mass is 10.1. The molecule has 2 heterocycles. The van der Waals surface area contributed by atoms with Crippen LogP contribution in [0.3, 0.4) is 0 Å². The summed E-state index contributed by atoms with van der Waals surface area (Å²) in [6.45, 7) is 2.77. The zero-order valence-electron chi connectivity index (χ0n) is 11.6. The van der Waals surface area contributed by atoms with Gasteiger partial charge in [-0.15, -0.1) is 0 Å². The molecule has 0 aliphatic heterocycles. The topological polar surface area (TPSA) is 60.1 Å². The van der Waals surface area contributed by atoms with Crippen LogP contribution in [-0.2, 0) is 6.54 Å². The molecule has 1 saturated carbocycles. The highest BCUT2D eigenvalue weighted by atomic mass is 16.4. The van der Waals surface area contributed by atoms with Gasteiger partial charge in [0.1, 0.15) is 5.76 Å². The van der Waals surface area contributed by atoms with Crippen LogP contribution in [0.5, 0.6) is 0 Å². The lowest BCUT2D eigenvalue weighted by Gasteiger charge is -2.10. The van der Waals surface area contributed by atoms with Crippen molar-refractivity contribution >= 4 is 5.91 Å². The van der Waals surface area contributed by atoms with Crippen LogP contribution in [0.1, 0.15) is 42.5 Å². The van der Waals surface area contributed by atoms with Crippen LogP contribution in [0.25, 0.3) is 0 Å². The molecule has 0 saturated heterocycles. The highest BCUT2D eigenvalue weighted by Gasteiger charge is 2.24. The zero-order chi connectivity index (χ0) is 13.9. The minimum absolute atomic E-state index is 0.115. The number of nitrogens with zero attached hydrogens (tertiary/aromatic N) is 2. The second kappa shape index (κ2) is 5.53. The molecule has 0 spiro atoms. The van der Waals surface area contributed by atoms with Crippen LogP contribution in [0.2, 0.25) is 0 Å². The Morgan fingerprint density at radius 3 is 3.10 bits per heavy atom. The van der Waals surface area contributed by atoms with Crippen molar-refractivity contribution in [3.8, 4) is 0 Å². The lowest BCUT2D eigenvalue weighted by molar-refractivity contribution is 0.0907. The summed E-state index contributed by atoms with van der Waals surface area (Å²) < 4.78 is 7.35. The summed E-state index contributed by atoms with van der Waals surface area (Å²) in [5, 5.41) is 7.16. The van der Waals surface area contributed by atoms with E-state index in [1.807, 2.05) is 18.3 Å². The minimum Gasteiger partial charge on any atom is -0.454 e. The average molecular weight is 273 g/mol. The number of aromatic nitrogens is 2. The number of carbonyl (C=O) groups excluding carboxylic acids is 1. The molecule has 2 aromatic rings. The van der Waals surface area contributed by atoms with E-state index in [2.05, 4.69) is 17.3 Å². The van der Waals surface area contributed by atoms with Gasteiger partial charge in [-0.25, -0.2) is 0 Å². The van der Waals surface area contributed by atoms with Gasteiger partial charge in [-0.3, -0.25) is 9.48 Å². The minimum atomic E-state index is -0.115. The van der Waals surface area contributed by atoms with Crippen molar-refractivity contribution in [3.63, 3.8) is 0 Å². The molecule has 5 nitrogen and oxygen atoms in total. The summed E-state index contributed by atoms with van der Waals surface area (Å²) in [6, 6.07) is 5.70. The maximum absolute atomic E-state index is 12.1. The zero-order valence-corrected chi connectivity index (χ0v) is 11.6. The molecule has 1 fully saturated rings. The Labute approximate surface area is 118 Å². The fraction of sp³-hybridized carbons (Fsp3) is 0.467. The third-order valence-corrected chi connectivity index (χ3v) is 3.79. The molecule has 106 valence electrons. The summed E-state index contributed by atoms with van der Waals surface area (Å²) in [7, 11) is 0. The molecule has 2 atom stereocenters. The van der Waals surface area contributed by atoms with E-state index in [0.29, 0.717) is 18.2 Å². The Morgan fingerprint density at radius 1 is 1.50 bits per heavy atom. The number of hydrogen-bond donors (Lipinski definition) is 1. The number of nitrogens with one attached hydrogen (secondary N) is 1. The van der Waals surface area contributed by atoms with Gasteiger partial charge < -0.3 is 9.73 Å². The van der Waals surface area contributed by atoms with Gasteiger partial charge >= 0.3 is 0 Å². The first-order chi connectivity index (χ1) is 9.70. The second-order valence-electron chi connectivity index (χ2n) is 5.56. The molecule has 3 rings (SSSR count). The predicted molar refractivity (Wildman–Crippen MR) is 74.3 cm³/mol. The molecule has 1 aliphatic rings. The van der Waals surface area contributed by atoms with Crippen molar-refractivity contribution in [2.24, 2.45) is 5.92 Å². The summed E-state index contributed by atoms with van der Waals surface area (Å²) in [5.74, 6) is 1.70. The molecule has 0 bridgehead atoms. The average Bonchev–Trinajstić information content (AvgIpc) is 3.12. The van der Waals surface area contributed by atoms with Crippen LogP contribution in [0.15, 0.2) is 35.0 Å². The van der Waals surface area contributed by atoms with E-state index in [0.717, 1.165) is 18.6 Å². The molecule has 1 aliphatic carbocycles. The first-order valence-electron chi connectivity index (χ1n) is 7.07.